The molecule has 0 heterocycles. The average molecular weight is 279 g/mol. The van der Waals surface area contributed by atoms with Gasteiger partial charge in [-0.2, -0.15) is 0 Å². The number of carbonyl (C=O) groups is 1. The van der Waals surface area contributed by atoms with Crippen molar-refractivity contribution in [3.05, 3.63) is 23.3 Å². The first-order valence-corrected chi connectivity index (χ1v) is 6.99. The van der Waals surface area contributed by atoms with Crippen molar-refractivity contribution in [3.63, 3.8) is 0 Å². The molecule has 0 unspecified atom stereocenters. The van der Waals surface area contributed by atoms with Gasteiger partial charge >= 0.3 is 5.97 Å². The lowest BCUT2D eigenvalue weighted by Crippen LogP contribution is -2.30. The molecule has 0 saturated heterocycles. The van der Waals surface area contributed by atoms with E-state index in [4.69, 9.17) is 11.5 Å². The Kier molecular flexibility index (Phi) is 5.82. The number of carboxylic acid groups (broad SMARTS) is 1. The quantitative estimate of drug-likeness (QED) is 0.664. The lowest BCUT2D eigenvalue weighted by atomic mass is 10.0. The summed E-state index contributed by atoms with van der Waals surface area (Å²) in [5, 5.41) is 9.24. The lowest BCUT2D eigenvalue weighted by molar-refractivity contribution is 0.0695. The van der Waals surface area contributed by atoms with Crippen LogP contribution in [0.1, 0.15) is 36.7 Å². The van der Waals surface area contributed by atoms with Crippen molar-refractivity contribution in [2.45, 2.75) is 27.2 Å². The smallest absolute Gasteiger partial charge is 0.336 e. The van der Waals surface area contributed by atoms with E-state index >= 15 is 0 Å². The summed E-state index contributed by atoms with van der Waals surface area (Å²) in [6.07, 6.45) is 0.596. The molecular formula is C15H25N3O2. The number of likely N-dealkylation sites (N-methyl/N-ethyl adjacent to an activating group) is 1. The number of aromatic carboxylic acids is 1. The third-order valence-corrected chi connectivity index (χ3v) is 3.37. The summed E-state index contributed by atoms with van der Waals surface area (Å²) >= 11 is 0. The minimum atomic E-state index is -0.960. The summed E-state index contributed by atoms with van der Waals surface area (Å²) in [4.78, 5) is 13.6. The number of benzene rings is 1. The summed E-state index contributed by atoms with van der Waals surface area (Å²) in [5.74, 6) is -0.384. The molecule has 0 aliphatic carbocycles. The second-order valence-electron chi connectivity index (χ2n) is 5.44. The summed E-state index contributed by atoms with van der Waals surface area (Å²) < 4.78 is 0. The first-order chi connectivity index (χ1) is 9.36. The highest BCUT2D eigenvalue weighted by molar-refractivity contribution is 5.93. The van der Waals surface area contributed by atoms with Gasteiger partial charge in [-0.15, -0.1) is 0 Å². The number of nitrogen functional groups attached to an aromatic ring is 2. The van der Waals surface area contributed by atoms with E-state index in [1.807, 2.05) is 0 Å². The van der Waals surface area contributed by atoms with E-state index in [2.05, 4.69) is 25.7 Å². The second kappa shape index (κ2) is 7.14. The zero-order valence-corrected chi connectivity index (χ0v) is 12.5. The van der Waals surface area contributed by atoms with Crippen LogP contribution in [0.25, 0.3) is 0 Å². The highest BCUT2D eigenvalue weighted by atomic mass is 16.4. The molecule has 1 rings (SSSR count). The van der Waals surface area contributed by atoms with Crippen molar-refractivity contribution >= 4 is 17.3 Å². The van der Waals surface area contributed by atoms with Gasteiger partial charge in [-0.3, -0.25) is 0 Å². The van der Waals surface area contributed by atoms with Crippen LogP contribution in [-0.4, -0.2) is 35.6 Å². The molecule has 20 heavy (non-hydrogen) atoms. The predicted octanol–water partition coefficient (Wildman–Crippen LogP) is 2.07. The number of anilines is 2. The van der Waals surface area contributed by atoms with Crippen molar-refractivity contribution in [1.82, 2.24) is 4.90 Å². The highest BCUT2D eigenvalue weighted by Gasteiger charge is 2.16. The fraction of sp³-hybridized carbons (Fsp3) is 0.533. The molecule has 112 valence electrons. The summed E-state index contributed by atoms with van der Waals surface area (Å²) in [6.45, 7) is 9.14. The molecule has 0 spiro atoms. The van der Waals surface area contributed by atoms with E-state index in [0.717, 1.165) is 19.6 Å². The number of nitrogens with two attached hydrogens (primary N) is 2. The monoisotopic (exact) mass is 279 g/mol. The molecule has 1 aromatic rings. The molecule has 0 fully saturated rings. The van der Waals surface area contributed by atoms with Crippen LogP contribution in [0.15, 0.2) is 12.1 Å². The van der Waals surface area contributed by atoms with Crippen LogP contribution in [0.2, 0.25) is 0 Å². The van der Waals surface area contributed by atoms with Crippen LogP contribution < -0.4 is 11.5 Å². The van der Waals surface area contributed by atoms with Crippen molar-refractivity contribution in [2.24, 2.45) is 5.92 Å². The van der Waals surface area contributed by atoms with Gasteiger partial charge in [0.15, 0.2) is 0 Å². The van der Waals surface area contributed by atoms with Crippen molar-refractivity contribution in [2.75, 3.05) is 31.1 Å². The van der Waals surface area contributed by atoms with E-state index in [9.17, 15) is 9.90 Å². The highest BCUT2D eigenvalue weighted by Crippen LogP contribution is 2.25. The molecule has 0 aliphatic heterocycles. The summed E-state index contributed by atoms with van der Waals surface area (Å²) in [5.41, 5.74) is 13.4. The van der Waals surface area contributed by atoms with Gasteiger partial charge in [0.25, 0.3) is 0 Å². The van der Waals surface area contributed by atoms with Crippen LogP contribution in [0.5, 0.6) is 0 Å². The van der Waals surface area contributed by atoms with Crippen molar-refractivity contribution < 1.29 is 9.90 Å². The van der Waals surface area contributed by atoms with Crippen LogP contribution in [0.4, 0.5) is 11.4 Å². The first kappa shape index (κ1) is 16.3. The van der Waals surface area contributed by atoms with Crippen LogP contribution in [0.3, 0.4) is 0 Å². The Morgan fingerprint density at radius 2 is 2.00 bits per heavy atom. The van der Waals surface area contributed by atoms with E-state index in [0.29, 0.717) is 29.3 Å². The standard InChI is InChI=1S/C15H25N3O2/c1-4-18(9-10(2)3)8-7-11-12(15(19)20)5-6-13(16)14(11)17/h5-6,10H,4,7-9,16-17H2,1-3H3,(H,19,20). The van der Waals surface area contributed by atoms with E-state index < -0.39 is 5.97 Å². The fourth-order valence-electron chi connectivity index (χ4n) is 2.32. The van der Waals surface area contributed by atoms with Gasteiger partial charge in [-0.05, 0) is 36.6 Å². The normalized spacial score (nSPS) is 11.2. The molecule has 5 heteroatoms. The third-order valence-electron chi connectivity index (χ3n) is 3.37. The molecule has 0 saturated carbocycles. The number of carboxylic acids is 1. The molecule has 0 aliphatic rings. The number of nitrogens with zero attached hydrogens (tertiary/aromatic N) is 1. The van der Waals surface area contributed by atoms with Gasteiger partial charge in [-0.25, -0.2) is 4.79 Å². The Hall–Kier alpha value is -1.75. The van der Waals surface area contributed by atoms with Gasteiger partial charge in [0.05, 0.1) is 16.9 Å². The van der Waals surface area contributed by atoms with E-state index in [-0.39, 0.29) is 5.56 Å². The maximum atomic E-state index is 11.3. The molecular weight excluding hydrogens is 254 g/mol. The predicted molar refractivity (Wildman–Crippen MR) is 82.9 cm³/mol. The minimum absolute atomic E-state index is 0.248. The van der Waals surface area contributed by atoms with Crippen molar-refractivity contribution in [1.29, 1.82) is 0 Å². The van der Waals surface area contributed by atoms with Crippen molar-refractivity contribution in [3.8, 4) is 0 Å². The van der Waals surface area contributed by atoms with Gasteiger partial charge < -0.3 is 21.5 Å². The number of hydrogen-bond acceptors (Lipinski definition) is 4. The number of hydrogen-bond donors (Lipinski definition) is 3. The lowest BCUT2D eigenvalue weighted by Gasteiger charge is -2.23. The Balaban J connectivity index is 2.90. The Morgan fingerprint density at radius 3 is 2.50 bits per heavy atom. The molecule has 0 radical (unpaired) electrons. The molecule has 0 amide bonds. The Labute approximate surface area is 120 Å². The molecule has 0 aromatic heterocycles. The molecule has 0 atom stereocenters. The molecule has 0 bridgehead atoms. The largest absolute Gasteiger partial charge is 0.478 e. The first-order valence-electron chi connectivity index (χ1n) is 6.99. The summed E-state index contributed by atoms with van der Waals surface area (Å²) in [6, 6.07) is 3.08. The third kappa shape index (κ3) is 4.13. The van der Waals surface area contributed by atoms with Crippen LogP contribution in [0, 0.1) is 5.92 Å². The minimum Gasteiger partial charge on any atom is -0.478 e. The molecule has 5 nitrogen and oxygen atoms in total. The topological polar surface area (TPSA) is 92.6 Å². The zero-order chi connectivity index (χ0) is 15.3. The summed E-state index contributed by atoms with van der Waals surface area (Å²) in [7, 11) is 0. The average Bonchev–Trinajstić information content (AvgIpc) is 2.37. The van der Waals surface area contributed by atoms with Gasteiger partial charge in [0.1, 0.15) is 0 Å². The van der Waals surface area contributed by atoms with E-state index in [1.54, 1.807) is 6.07 Å². The Bertz CT molecular complexity index is 472. The number of rotatable bonds is 7. The maximum Gasteiger partial charge on any atom is 0.336 e. The zero-order valence-electron chi connectivity index (χ0n) is 12.5. The van der Waals surface area contributed by atoms with Gasteiger partial charge in [-0.1, -0.05) is 20.8 Å². The fourth-order valence-corrected chi connectivity index (χ4v) is 2.32. The second-order valence-corrected chi connectivity index (χ2v) is 5.44. The van der Waals surface area contributed by atoms with Crippen LogP contribution >= 0.6 is 0 Å². The van der Waals surface area contributed by atoms with E-state index in [1.165, 1.54) is 6.07 Å². The Morgan fingerprint density at radius 1 is 1.35 bits per heavy atom. The van der Waals surface area contributed by atoms with Gasteiger partial charge in [0.2, 0.25) is 0 Å². The molecule has 5 N–H and O–H groups in total. The van der Waals surface area contributed by atoms with Gasteiger partial charge in [0, 0.05) is 13.1 Å². The SMILES string of the molecule is CCN(CCc1c(C(=O)O)ccc(N)c1N)CC(C)C. The maximum absolute atomic E-state index is 11.3. The van der Waals surface area contributed by atoms with Crippen LogP contribution in [-0.2, 0) is 6.42 Å². The molecule has 1 aromatic carbocycles.